The minimum Gasteiger partial charge on any atom is -0.247 e. The molecule has 0 aromatic carbocycles. The second-order valence-corrected chi connectivity index (χ2v) is 0. The molecule has 0 saturated carbocycles. The van der Waals surface area contributed by atoms with E-state index in [0.717, 1.165) is 0 Å². The predicted octanol–water partition coefficient (Wildman–Crippen LogP) is 0.396. The van der Waals surface area contributed by atoms with E-state index in [4.69, 9.17) is 0 Å². The Kier molecular flexibility index (Phi) is 1130. The first-order valence-electron chi connectivity index (χ1n) is 0.873. The molecule has 0 rings (SSSR count). The van der Waals surface area contributed by atoms with Crippen molar-refractivity contribution < 1.29 is 0 Å². The van der Waals surface area contributed by atoms with Crippen molar-refractivity contribution >= 4 is 47.1 Å². The third-order valence-electron chi connectivity index (χ3n) is 0. The van der Waals surface area contributed by atoms with Crippen LogP contribution in [0.25, 0.3) is 0 Å². The summed E-state index contributed by atoms with van der Waals surface area (Å²) in [6.45, 7) is 0. The van der Waals surface area contributed by atoms with Crippen LogP contribution in [0.2, 0.25) is 0 Å². The Labute approximate surface area is 68.4 Å². The van der Waals surface area contributed by atoms with Crippen LogP contribution in [0, 0.1) is 0 Å². The molecule has 0 saturated heterocycles. The van der Waals surface area contributed by atoms with E-state index in [-0.39, 0.29) is 0 Å². The van der Waals surface area contributed by atoms with Crippen LogP contribution in [0.15, 0.2) is 0 Å². The van der Waals surface area contributed by atoms with Crippen molar-refractivity contribution in [3.63, 3.8) is 0 Å². The van der Waals surface area contributed by atoms with E-state index in [1.165, 1.54) is 0 Å². The molecule has 0 aliphatic heterocycles. The average molecular weight is 206 g/mol. The molecule has 0 aromatic rings. The molecule has 4 nitrogen and oxygen atoms in total. The quantitative estimate of drug-likeness (QED) is 0.430. The third-order valence-corrected chi connectivity index (χ3v) is 0. The van der Waals surface area contributed by atoms with Crippen LogP contribution in [0.4, 0.5) is 0 Å². The van der Waals surface area contributed by atoms with Crippen molar-refractivity contribution in [1.29, 1.82) is 0 Å². The van der Waals surface area contributed by atoms with Gasteiger partial charge in [-0.05, 0) is 47.1 Å². The summed E-state index contributed by atoms with van der Waals surface area (Å²) < 4.78 is 0. The molecule has 8 heavy (non-hydrogen) atoms. The van der Waals surface area contributed by atoms with Crippen LogP contribution in [0.1, 0.15) is 0 Å². The molecule has 0 heterocycles. The van der Waals surface area contributed by atoms with Gasteiger partial charge in [0.2, 0.25) is 0 Å². The van der Waals surface area contributed by atoms with Gasteiger partial charge in [0.15, 0.2) is 0 Å². The Balaban J connectivity index is -0.0000000133. The largest absolute Gasteiger partial charge is 0.247 e. The lowest BCUT2D eigenvalue weighted by Crippen LogP contribution is -1.48. The summed E-state index contributed by atoms with van der Waals surface area (Å²) in [6, 6.07) is 0. The Morgan fingerprint density at radius 1 is 0.375 bits per heavy atom. The topological polar surface area (TPSA) is 104 Å². The maximum absolute atomic E-state index is 4.14. The summed E-state index contributed by atoms with van der Waals surface area (Å²) in [5.74, 6) is 0. The van der Waals surface area contributed by atoms with E-state index in [0.29, 0.717) is 0 Å². The highest BCUT2D eigenvalue weighted by atomic mass is 35.5. The maximum atomic E-state index is 4.14. The summed E-state index contributed by atoms with van der Waals surface area (Å²) in [6.07, 6.45) is 0. The van der Waals surface area contributed by atoms with Crippen molar-refractivity contribution in [3.05, 3.63) is 0 Å². The molecular weight excluding hydrogens is 198 g/mol. The molecular formula is H8Cl4N4. The van der Waals surface area contributed by atoms with Gasteiger partial charge < -0.3 is 0 Å². The minimum atomic E-state index is 3.97. The van der Waals surface area contributed by atoms with E-state index in [2.05, 4.69) is 68.1 Å². The summed E-state index contributed by atoms with van der Waals surface area (Å²) in [4.78, 5) is 0. The predicted molar refractivity (Wildman–Crippen MR) is 40.2 cm³/mol. The minimum absolute atomic E-state index is 3.97. The van der Waals surface area contributed by atoms with Crippen LogP contribution >= 0.6 is 47.1 Å². The van der Waals surface area contributed by atoms with Crippen LogP contribution < -0.4 is 21.0 Å². The first-order valence-corrected chi connectivity index (χ1v) is 2.62. The Morgan fingerprint density at radius 3 is 0.375 bits per heavy atom. The van der Waals surface area contributed by atoms with Crippen LogP contribution in [-0.2, 0) is 0 Å². The zero-order valence-electron chi connectivity index (χ0n) is 3.82. The number of hydrogen-bond acceptors (Lipinski definition) is 4. The fourth-order valence-electron chi connectivity index (χ4n) is 0. The molecule has 0 atom stereocenters. The van der Waals surface area contributed by atoms with Gasteiger partial charge in [-0.15, -0.1) is 0 Å². The van der Waals surface area contributed by atoms with Gasteiger partial charge in [0.25, 0.3) is 0 Å². The fraction of sp³-hybridized carbons (Fsp3) is 0. The molecule has 0 fully saturated rings. The second-order valence-electron chi connectivity index (χ2n) is 0. The SMILES string of the molecule is NCl.NCl.NCl.NCl. The summed E-state index contributed by atoms with van der Waals surface area (Å²) in [5.41, 5.74) is 0. The Morgan fingerprint density at radius 2 is 0.375 bits per heavy atom. The van der Waals surface area contributed by atoms with Gasteiger partial charge in [-0.25, -0.2) is 21.0 Å². The van der Waals surface area contributed by atoms with Gasteiger partial charge in [0, 0.05) is 0 Å². The lowest BCUT2D eigenvalue weighted by molar-refractivity contribution is 2.00. The smallest absolute Gasteiger partial charge is 0.0285 e. The number of nitrogens with two attached hydrogens (primary N) is 4. The zero-order valence-corrected chi connectivity index (χ0v) is 6.84. The normalized spacial score (nSPS) is 3.00. The molecule has 0 aromatic heterocycles. The standard InChI is InChI=1S/4ClH2N/c4*1-2/h4*2H2. The van der Waals surface area contributed by atoms with Gasteiger partial charge in [-0.3, -0.25) is 0 Å². The van der Waals surface area contributed by atoms with Crippen LogP contribution in [0.3, 0.4) is 0 Å². The van der Waals surface area contributed by atoms with Crippen molar-refractivity contribution in [3.8, 4) is 0 Å². The highest BCUT2D eigenvalue weighted by Gasteiger charge is 0.874. The first kappa shape index (κ1) is 23.0. The molecule has 0 radical (unpaired) electrons. The van der Waals surface area contributed by atoms with Crippen molar-refractivity contribution in [2.45, 2.75) is 0 Å². The summed E-state index contributed by atoms with van der Waals surface area (Å²) >= 11 is 16.6. The lowest BCUT2D eigenvalue weighted by Gasteiger charge is -1.14. The van der Waals surface area contributed by atoms with Crippen LogP contribution in [0.5, 0.6) is 0 Å². The van der Waals surface area contributed by atoms with Gasteiger partial charge in [-0.1, -0.05) is 0 Å². The molecule has 8 heteroatoms. The zero-order chi connectivity index (χ0) is 8.00. The Hall–Kier alpha value is 1.00. The van der Waals surface area contributed by atoms with E-state index in [1.807, 2.05) is 0 Å². The molecule has 0 amide bonds. The molecule has 0 spiro atoms. The second kappa shape index (κ2) is 392. The molecule has 8 N–H and O–H groups in total. The van der Waals surface area contributed by atoms with E-state index in [9.17, 15) is 0 Å². The third kappa shape index (κ3) is 252. The van der Waals surface area contributed by atoms with Gasteiger partial charge in [0.05, 0.1) is 0 Å². The summed E-state index contributed by atoms with van der Waals surface area (Å²) in [7, 11) is 0. The highest BCUT2D eigenvalue weighted by molar-refractivity contribution is 6.12. The van der Waals surface area contributed by atoms with E-state index >= 15 is 0 Å². The van der Waals surface area contributed by atoms with Gasteiger partial charge in [0.1, 0.15) is 0 Å². The number of halogens is 4. The maximum Gasteiger partial charge on any atom is -0.0285 e. The van der Waals surface area contributed by atoms with E-state index in [1.54, 1.807) is 0 Å². The van der Waals surface area contributed by atoms with Crippen molar-refractivity contribution in [1.82, 2.24) is 0 Å². The number of rotatable bonds is 0. The first-order chi connectivity index (χ1) is 4.00. The molecule has 56 valence electrons. The highest BCUT2D eigenvalue weighted by Crippen LogP contribution is 1.16. The lowest BCUT2D eigenvalue weighted by atomic mass is 14.0. The molecule has 0 unspecified atom stereocenters. The van der Waals surface area contributed by atoms with E-state index < -0.39 is 0 Å². The van der Waals surface area contributed by atoms with Crippen molar-refractivity contribution in [2.24, 2.45) is 21.0 Å². The van der Waals surface area contributed by atoms with Crippen molar-refractivity contribution in [2.75, 3.05) is 0 Å². The van der Waals surface area contributed by atoms with Crippen LogP contribution in [-0.4, -0.2) is 0 Å². The Bertz CT molecular complexity index is 8.00. The van der Waals surface area contributed by atoms with Gasteiger partial charge >= 0.3 is 0 Å². The number of hydrogen-bond donors (Lipinski definition) is 4. The fourth-order valence-corrected chi connectivity index (χ4v) is 0. The van der Waals surface area contributed by atoms with Gasteiger partial charge in [-0.2, -0.15) is 0 Å². The molecule has 0 bridgehead atoms. The average Bonchev–Trinajstić information content (AvgIpc) is 2.03. The summed E-state index contributed by atoms with van der Waals surface area (Å²) in [5, 5.41) is 15.9. The monoisotopic (exact) mass is 204 g/mol. The molecule has 0 aliphatic rings. The molecule has 0 aliphatic carbocycles.